The molecule has 7 heteroatoms. The lowest BCUT2D eigenvalue weighted by Gasteiger charge is -2.20. The first kappa shape index (κ1) is 16.3. The van der Waals surface area contributed by atoms with Crippen LogP contribution in [0, 0.1) is 6.92 Å². The summed E-state index contributed by atoms with van der Waals surface area (Å²) in [5.41, 5.74) is 7.43. The number of primary amides is 1. The Balaban J connectivity index is 1.91. The van der Waals surface area contributed by atoms with Crippen LogP contribution in [0.15, 0.2) is 47.4 Å². The fraction of sp³-hybridized carbons (Fsp3) is 0.235. The van der Waals surface area contributed by atoms with E-state index in [1.807, 2.05) is 24.3 Å². The van der Waals surface area contributed by atoms with Crippen LogP contribution in [0.5, 0.6) is 5.75 Å². The van der Waals surface area contributed by atoms with Crippen molar-refractivity contribution in [1.82, 2.24) is 0 Å². The Morgan fingerprint density at radius 3 is 2.71 bits per heavy atom. The molecule has 0 atom stereocenters. The summed E-state index contributed by atoms with van der Waals surface area (Å²) in [5.74, 6) is -0.144. The summed E-state index contributed by atoms with van der Waals surface area (Å²) >= 11 is 0. The molecule has 126 valence electrons. The summed E-state index contributed by atoms with van der Waals surface area (Å²) in [6.45, 7) is 1.92. The quantitative estimate of drug-likeness (QED) is 0.891. The van der Waals surface area contributed by atoms with Crippen LogP contribution in [-0.2, 0) is 21.2 Å². The molecule has 24 heavy (non-hydrogen) atoms. The van der Waals surface area contributed by atoms with Gasteiger partial charge in [0.1, 0.15) is 5.75 Å². The number of aryl methyl sites for hydroxylation is 1. The maximum absolute atomic E-state index is 12.9. The maximum Gasteiger partial charge on any atom is 0.264 e. The fourth-order valence-electron chi connectivity index (χ4n) is 2.78. The van der Waals surface area contributed by atoms with Crippen molar-refractivity contribution in [2.75, 3.05) is 17.5 Å². The van der Waals surface area contributed by atoms with Crippen molar-refractivity contribution >= 4 is 21.6 Å². The predicted octanol–water partition coefficient (Wildman–Crippen LogP) is 1.61. The van der Waals surface area contributed by atoms with Gasteiger partial charge in [-0.3, -0.25) is 9.10 Å². The largest absolute Gasteiger partial charge is 0.484 e. The number of ether oxygens (including phenoxy) is 1. The second-order valence-electron chi connectivity index (χ2n) is 5.64. The minimum atomic E-state index is -3.64. The zero-order valence-electron chi connectivity index (χ0n) is 13.2. The summed E-state index contributed by atoms with van der Waals surface area (Å²) in [7, 11) is -3.64. The van der Waals surface area contributed by atoms with E-state index in [1.165, 1.54) is 10.4 Å². The first-order valence-electron chi connectivity index (χ1n) is 7.52. The molecular weight excluding hydrogens is 328 g/mol. The average molecular weight is 346 g/mol. The lowest BCUT2D eigenvalue weighted by molar-refractivity contribution is -0.119. The zero-order valence-corrected chi connectivity index (χ0v) is 14.0. The molecule has 1 aliphatic heterocycles. The van der Waals surface area contributed by atoms with Crippen LogP contribution in [0.3, 0.4) is 0 Å². The van der Waals surface area contributed by atoms with Crippen molar-refractivity contribution in [3.63, 3.8) is 0 Å². The van der Waals surface area contributed by atoms with Crippen molar-refractivity contribution < 1.29 is 17.9 Å². The number of hydrogen-bond donors (Lipinski definition) is 1. The van der Waals surface area contributed by atoms with Crippen LogP contribution >= 0.6 is 0 Å². The van der Waals surface area contributed by atoms with E-state index in [1.54, 1.807) is 19.1 Å². The molecule has 0 aliphatic carbocycles. The van der Waals surface area contributed by atoms with Crippen LogP contribution < -0.4 is 14.8 Å². The van der Waals surface area contributed by atoms with E-state index in [2.05, 4.69) is 0 Å². The van der Waals surface area contributed by atoms with Crippen molar-refractivity contribution in [3.05, 3.63) is 53.6 Å². The molecule has 0 radical (unpaired) electrons. The van der Waals surface area contributed by atoms with Crippen LogP contribution in [0.25, 0.3) is 0 Å². The summed E-state index contributed by atoms with van der Waals surface area (Å²) in [6.07, 6.45) is 0.703. The van der Waals surface area contributed by atoms with E-state index < -0.39 is 15.9 Å². The Morgan fingerprint density at radius 2 is 2.00 bits per heavy atom. The number of sulfonamides is 1. The van der Waals surface area contributed by atoms with Gasteiger partial charge in [0.25, 0.3) is 15.9 Å². The van der Waals surface area contributed by atoms with Crippen LogP contribution in [-0.4, -0.2) is 27.5 Å². The Labute approximate surface area is 140 Å². The summed E-state index contributed by atoms with van der Waals surface area (Å²) < 4.78 is 32.6. The van der Waals surface area contributed by atoms with Gasteiger partial charge in [0.15, 0.2) is 6.61 Å². The average Bonchev–Trinajstić information content (AvgIpc) is 2.98. The van der Waals surface area contributed by atoms with Gasteiger partial charge in [-0.05, 0) is 48.7 Å². The van der Waals surface area contributed by atoms with Crippen molar-refractivity contribution in [2.24, 2.45) is 5.73 Å². The van der Waals surface area contributed by atoms with Gasteiger partial charge < -0.3 is 10.5 Å². The number of para-hydroxylation sites is 1. The molecule has 0 unspecified atom stereocenters. The highest BCUT2D eigenvalue weighted by Crippen LogP contribution is 2.33. The van der Waals surface area contributed by atoms with E-state index in [4.69, 9.17) is 10.5 Å². The lowest BCUT2D eigenvalue weighted by Crippen LogP contribution is -2.29. The number of amides is 1. The number of carbonyl (C=O) groups excluding carboxylic acids is 1. The molecular formula is C17H18N2O4S. The van der Waals surface area contributed by atoms with Crippen LogP contribution in [0.4, 0.5) is 5.69 Å². The first-order valence-corrected chi connectivity index (χ1v) is 8.96. The van der Waals surface area contributed by atoms with Gasteiger partial charge in [-0.25, -0.2) is 8.42 Å². The van der Waals surface area contributed by atoms with Gasteiger partial charge in [-0.1, -0.05) is 18.2 Å². The van der Waals surface area contributed by atoms with Crippen molar-refractivity contribution in [2.45, 2.75) is 18.2 Å². The number of carbonyl (C=O) groups is 1. The van der Waals surface area contributed by atoms with E-state index in [-0.39, 0.29) is 11.5 Å². The monoisotopic (exact) mass is 346 g/mol. The number of fused-ring (bicyclic) bond motifs is 1. The number of hydrogen-bond acceptors (Lipinski definition) is 4. The zero-order chi connectivity index (χ0) is 17.3. The molecule has 0 bridgehead atoms. The molecule has 0 aromatic heterocycles. The highest BCUT2D eigenvalue weighted by Gasteiger charge is 2.30. The number of nitrogens with two attached hydrogens (primary N) is 1. The van der Waals surface area contributed by atoms with Gasteiger partial charge in [0, 0.05) is 6.54 Å². The molecule has 1 heterocycles. The van der Waals surface area contributed by atoms with Gasteiger partial charge in [0.2, 0.25) is 0 Å². The smallest absolute Gasteiger partial charge is 0.264 e. The summed E-state index contributed by atoms with van der Waals surface area (Å²) in [6, 6.07) is 12.1. The third-order valence-electron chi connectivity index (χ3n) is 3.95. The van der Waals surface area contributed by atoms with Crippen LogP contribution in [0.1, 0.15) is 11.1 Å². The number of benzene rings is 2. The molecule has 1 amide bonds. The molecule has 0 saturated heterocycles. The molecule has 1 aliphatic rings. The highest BCUT2D eigenvalue weighted by atomic mass is 32.2. The molecule has 0 saturated carbocycles. The number of nitrogens with zero attached hydrogens (tertiary/aromatic N) is 1. The normalized spacial score (nSPS) is 13.6. The third kappa shape index (κ3) is 2.94. The fourth-order valence-corrected chi connectivity index (χ4v) is 4.37. The van der Waals surface area contributed by atoms with Crippen LogP contribution in [0.2, 0.25) is 0 Å². The summed E-state index contributed by atoms with van der Waals surface area (Å²) in [5, 5.41) is 0. The van der Waals surface area contributed by atoms with E-state index in [0.717, 1.165) is 11.3 Å². The number of anilines is 1. The lowest BCUT2D eigenvalue weighted by atomic mass is 10.2. The molecule has 2 aromatic carbocycles. The Morgan fingerprint density at radius 1 is 1.25 bits per heavy atom. The highest BCUT2D eigenvalue weighted by molar-refractivity contribution is 7.92. The van der Waals surface area contributed by atoms with Crippen molar-refractivity contribution in [3.8, 4) is 5.75 Å². The number of rotatable bonds is 5. The second kappa shape index (κ2) is 6.16. The molecule has 2 N–H and O–H groups in total. The van der Waals surface area contributed by atoms with Gasteiger partial charge in [0.05, 0.1) is 10.6 Å². The van der Waals surface area contributed by atoms with Gasteiger partial charge in [-0.2, -0.15) is 0 Å². The minimum absolute atomic E-state index is 0.197. The minimum Gasteiger partial charge on any atom is -0.484 e. The SMILES string of the molecule is Cc1cc(S(=O)(=O)N2CCc3ccccc32)ccc1OCC(N)=O. The predicted molar refractivity (Wildman–Crippen MR) is 90.5 cm³/mol. The van der Waals surface area contributed by atoms with E-state index in [0.29, 0.717) is 24.3 Å². The summed E-state index contributed by atoms with van der Waals surface area (Å²) in [4.78, 5) is 11.0. The Kier molecular flexibility index (Phi) is 4.19. The van der Waals surface area contributed by atoms with E-state index in [9.17, 15) is 13.2 Å². The molecule has 2 aromatic rings. The standard InChI is InChI=1S/C17H18N2O4S/c1-12-10-14(6-7-16(12)23-11-17(18)20)24(21,22)19-9-8-13-4-2-3-5-15(13)19/h2-7,10H,8-9,11H2,1H3,(H2,18,20). The molecule has 0 fully saturated rings. The topological polar surface area (TPSA) is 89.7 Å². The Bertz CT molecular complexity index is 893. The third-order valence-corrected chi connectivity index (χ3v) is 5.76. The van der Waals surface area contributed by atoms with Crippen molar-refractivity contribution in [1.29, 1.82) is 0 Å². The molecule has 6 nitrogen and oxygen atoms in total. The Hall–Kier alpha value is -2.54. The van der Waals surface area contributed by atoms with Gasteiger partial charge >= 0.3 is 0 Å². The molecule has 0 spiro atoms. The van der Waals surface area contributed by atoms with E-state index >= 15 is 0 Å². The van der Waals surface area contributed by atoms with Gasteiger partial charge in [-0.15, -0.1) is 0 Å². The first-order chi connectivity index (χ1) is 11.4. The second-order valence-corrected chi connectivity index (χ2v) is 7.50. The molecule has 3 rings (SSSR count). The maximum atomic E-state index is 12.9.